The Balaban J connectivity index is 1.90. The topological polar surface area (TPSA) is 34.1 Å². The van der Waals surface area contributed by atoms with Gasteiger partial charge in [-0.3, -0.25) is 9.59 Å². The van der Waals surface area contributed by atoms with E-state index in [2.05, 4.69) is 11.8 Å². The Morgan fingerprint density at radius 1 is 0.850 bits per heavy atom. The Bertz CT molecular complexity index is 646. The fourth-order valence-corrected chi connectivity index (χ4v) is 1.74. The van der Waals surface area contributed by atoms with Crippen molar-refractivity contribution in [1.82, 2.24) is 0 Å². The molecule has 2 rings (SSSR count). The maximum Gasteiger partial charge on any atom is 0.271 e. The van der Waals surface area contributed by atoms with E-state index in [0.29, 0.717) is 6.42 Å². The lowest BCUT2D eigenvalue weighted by molar-refractivity contribution is -0.133. The van der Waals surface area contributed by atoms with Crippen LogP contribution in [-0.4, -0.2) is 11.6 Å². The monoisotopic (exact) mass is 262 g/mol. The average molecular weight is 262 g/mol. The van der Waals surface area contributed by atoms with Crippen LogP contribution in [0.25, 0.3) is 0 Å². The van der Waals surface area contributed by atoms with E-state index in [4.69, 9.17) is 0 Å². The number of aryl methyl sites for hydroxylation is 1. The molecule has 0 fully saturated rings. The molecule has 0 unspecified atom stereocenters. The molecule has 0 N–H and O–H groups in total. The van der Waals surface area contributed by atoms with Crippen LogP contribution < -0.4 is 0 Å². The minimum atomic E-state index is -0.621. The van der Waals surface area contributed by atoms with E-state index in [1.807, 2.05) is 48.5 Å². The van der Waals surface area contributed by atoms with Crippen molar-refractivity contribution < 1.29 is 9.59 Å². The molecule has 98 valence electrons. The van der Waals surface area contributed by atoms with Crippen molar-refractivity contribution in [2.24, 2.45) is 0 Å². The van der Waals surface area contributed by atoms with Crippen LogP contribution >= 0.6 is 0 Å². The average Bonchev–Trinajstić information content (AvgIpc) is 2.52. The van der Waals surface area contributed by atoms with Gasteiger partial charge in [0.1, 0.15) is 0 Å². The van der Waals surface area contributed by atoms with E-state index in [1.165, 1.54) is 0 Å². The first kappa shape index (κ1) is 13.8. The summed E-state index contributed by atoms with van der Waals surface area (Å²) in [6.07, 6.45) is 0.769. The van der Waals surface area contributed by atoms with Crippen LogP contribution in [0, 0.1) is 11.8 Å². The molecule has 2 aromatic carbocycles. The summed E-state index contributed by atoms with van der Waals surface area (Å²) >= 11 is 0. The fraction of sp³-hybridized carbons (Fsp3) is 0.111. The molecule has 20 heavy (non-hydrogen) atoms. The largest absolute Gasteiger partial charge is 0.290 e. The first-order valence-corrected chi connectivity index (χ1v) is 6.44. The first-order valence-electron chi connectivity index (χ1n) is 6.44. The predicted octanol–water partition coefficient (Wildman–Crippen LogP) is 2.81. The number of carbonyl (C=O) groups excluding carboxylic acids is 2. The van der Waals surface area contributed by atoms with E-state index in [9.17, 15) is 9.59 Å². The summed E-state index contributed by atoms with van der Waals surface area (Å²) < 4.78 is 0. The molecule has 0 aromatic heterocycles. The number of benzene rings is 2. The van der Waals surface area contributed by atoms with Crippen molar-refractivity contribution in [3.63, 3.8) is 0 Å². The highest BCUT2D eigenvalue weighted by Crippen LogP contribution is 2.03. The third-order valence-electron chi connectivity index (χ3n) is 2.83. The zero-order valence-corrected chi connectivity index (χ0v) is 11.0. The van der Waals surface area contributed by atoms with Crippen molar-refractivity contribution in [2.75, 3.05) is 0 Å². The van der Waals surface area contributed by atoms with Gasteiger partial charge in [0.15, 0.2) is 0 Å². The molecule has 0 aliphatic rings. The van der Waals surface area contributed by atoms with Gasteiger partial charge in [-0.05, 0) is 30.0 Å². The molecular weight excluding hydrogens is 248 g/mol. The molecule has 2 aromatic rings. The molecule has 0 aliphatic carbocycles. The van der Waals surface area contributed by atoms with Crippen molar-refractivity contribution in [3.05, 3.63) is 71.8 Å². The van der Waals surface area contributed by atoms with Crippen LogP contribution in [0.1, 0.15) is 17.5 Å². The maximum absolute atomic E-state index is 11.7. The second-order valence-corrected chi connectivity index (χ2v) is 4.35. The lowest BCUT2D eigenvalue weighted by Crippen LogP contribution is -2.12. The fourth-order valence-electron chi connectivity index (χ4n) is 1.74. The quantitative estimate of drug-likeness (QED) is 0.627. The molecule has 0 saturated heterocycles. The van der Waals surface area contributed by atoms with Crippen LogP contribution in [0.15, 0.2) is 60.7 Å². The minimum absolute atomic E-state index is 0.201. The molecule has 0 aliphatic heterocycles. The predicted molar refractivity (Wildman–Crippen MR) is 78.1 cm³/mol. The summed E-state index contributed by atoms with van der Waals surface area (Å²) in [6.45, 7) is 0. The molecule has 0 amide bonds. The lowest BCUT2D eigenvalue weighted by Gasteiger charge is -1.97. The van der Waals surface area contributed by atoms with Crippen molar-refractivity contribution >= 4 is 11.6 Å². The number of rotatable bonds is 4. The molecule has 0 radical (unpaired) electrons. The van der Waals surface area contributed by atoms with Crippen LogP contribution in [0.2, 0.25) is 0 Å². The first-order chi connectivity index (χ1) is 9.75. The Morgan fingerprint density at radius 3 is 2.10 bits per heavy atom. The van der Waals surface area contributed by atoms with E-state index < -0.39 is 11.6 Å². The highest BCUT2D eigenvalue weighted by atomic mass is 16.2. The number of ketones is 2. The Kier molecular flexibility index (Phi) is 4.86. The van der Waals surface area contributed by atoms with Gasteiger partial charge in [-0.25, -0.2) is 0 Å². The van der Waals surface area contributed by atoms with E-state index in [-0.39, 0.29) is 6.42 Å². The van der Waals surface area contributed by atoms with Gasteiger partial charge in [0, 0.05) is 12.0 Å². The maximum atomic E-state index is 11.7. The molecule has 0 heterocycles. The van der Waals surface area contributed by atoms with Crippen LogP contribution in [-0.2, 0) is 16.0 Å². The summed E-state index contributed by atoms with van der Waals surface area (Å²) in [5.74, 6) is 4.05. The van der Waals surface area contributed by atoms with Gasteiger partial charge in [-0.1, -0.05) is 54.5 Å². The summed E-state index contributed by atoms with van der Waals surface area (Å²) in [4.78, 5) is 23.3. The second-order valence-electron chi connectivity index (χ2n) is 4.35. The van der Waals surface area contributed by atoms with Gasteiger partial charge >= 0.3 is 0 Å². The zero-order valence-electron chi connectivity index (χ0n) is 11.0. The van der Waals surface area contributed by atoms with Crippen LogP contribution in [0.4, 0.5) is 0 Å². The standard InChI is InChI=1S/C18H14O2/c19-17(13-11-15-7-3-1-4-8-15)18(20)14-12-16-9-5-2-6-10-16/h1-10H,11,13H2. The van der Waals surface area contributed by atoms with Gasteiger partial charge < -0.3 is 0 Å². The molecule has 0 bridgehead atoms. The van der Waals surface area contributed by atoms with E-state index in [0.717, 1.165) is 11.1 Å². The second kappa shape index (κ2) is 7.06. The van der Waals surface area contributed by atoms with Gasteiger partial charge in [0.05, 0.1) is 0 Å². The highest BCUT2D eigenvalue weighted by Gasteiger charge is 2.10. The molecule has 2 nitrogen and oxygen atoms in total. The summed E-state index contributed by atoms with van der Waals surface area (Å²) in [5, 5.41) is 0. The van der Waals surface area contributed by atoms with Crippen molar-refractivity contribution in [1.29, 1.82) is 0 Å². The number of Topliss-reactive ketones (excluding diaryl/α,β-unsaturated/α-hetero) is 2. The Hall–Kier alpha value is -2.66. The molecule has 0 saturated carbocycles. The number of hydrogen-bond donors (Lipinski definition) is 0. The number of hydrogen-bond acceptors (Lipinski definition) is 2. The lowest BCUT2D eigenvalue weighted by atomic mass is 10.1. The minimum Gasteiger partial charge on any atom is -0.290 e. The van der Waals surface area contributed by atoms with E-state index in [1.54, 1.807) is 12.1 Å². The summed E-state index contributed by atoms with van der Waals surface area (Å²) in [7, 11) is 0. The van der Waals surface area contributed by atoms with Crippen LogP contribution in [0.5, 0.6) is 0 Å². The van der Waals surface area contributed by atoms with Crippen LogP contribution in [0.3, 0.4) is 0 Å². The van der Waals surface area contributed by atoms with Crippen molar-refractivity contribution in [3.8, 4) is 11.8 Å². The molecule has 0 atom stereocenters. The molecule has 2 heteroatoms. The zero-order chi connectivity index (χ0) is 14.2. The smallest absolute Gasteiger partial charge is 0.271 e. The third-order valence-corrected chi connectivity index (χ3v) is 2.83. The third kappa shape index (κ3) is 4.22. The van der Waals surface area contributed by atoms with E-state index >= 15 is 0 Å². The van der Waals surface area contributed by atoms with Gasteiger partial charge in [0.2, 0.25) is 5.78 Å². The molecular formula is C18H14O2. The summed E-state index contributed by atoms with van der Waals surface area (Å²) in [5.41, 5.74) is 1.78. The summed E-state index contributed by atoms with van der Waals surface area (Å²) in [6, 6.07) is 18.8. The normalized spacial score (nSPS) is 9.40. The molecule has 0 spiro atoms. The Morgan fingerprint density at radius 2 is 1.45 bits per heavy atom. The number of carbonyl (C=O) groups is 2. The highest BCUT2D eigenvalue weighted by molar-refractivity contribution is 6.44. The van der Waals surface area contributed by atoms with Gasteiger partial charge in [-0.15, -0.1) is 0 Å². The van der Waals surface area contributed by atoms with Gasteiger partial charge in [0.25, 0.3) is 5.78 Å². The SMILES string of the molecule is O=C(C#Cc1ccccc1)C(=O)CCc1ccccc1. The van der Waals surface area contributed by atoms with Crippen molar-refractivity contribution in [2.45, 2.75) is 12.8 Å². The van der Waals surface area contributed by atoms with Gasteiger partial charge in [-0.2, -0.15) is 0 Å². The Labute approximate surface area is 118 Å².